The molecule has 0 radical (unpaired) electrons. The van der Waals surface area contributed by atoms with E-state index in [4.69, 9.17) is 9.47 Å². The van der Waals surface area contributed by atoms with Gasteiger partial charge in [-0.1, -0.05) is 12.1 Å². The van der Waals surface area contributed by atoms with Gasteiger partial charge in [-0.05, 0) is 62.6 Å². The van der Waals surface area contributed by atoms with Gasteiger partial charge >= 0.3 is 5.97 Å². The molecule has 0 unspecified atom stereocenters. The molecule has 0 spiro atoms. The fraction of sp³-hybridized carbons (Fsp3) is 0.588. The van der Waals surface area contributed by atoms with E-state index in [0.717, 1.165) is 37.9 Å². The third-order valence-corrected chi connectivity index (χ3v) is 4.15. The SMILES string of the molecule is CCOC(=O)[C@H]1CC[C@@H](Cc2ccc(OC)cc2)CC1. The highest BCUT2D eigenvalue weighted by Gasteiger charge is 2.27. The summed E-state index contributed by atoms with van der Waals surface area (Å²) in [5, 5.41) is 0. The van der Waals surface area contributed by atoms with E-state index in [0.29, 0.717) is 12.5 Å². The quantitative estimate of drug-likeness (QED) is 0.771. The average Bonchev–Trinajstić information content (AvgIpc) is 2.49. The van der Waals surface area contributed by atoms with Crippen molar-refractivity contribution < 1.29 is 14.3 Å². The van der Waals surface area contributed by atoms with E-state index in [-0.39, 0.29) is 11.9 Å². The minimum absolute atomic E-state index is 0.00426. The molecule has 1 aliphatic carbocycles. The lowest BCUT2D eigenvalue weighted by atomic mass is 9.79. The van der Waals surface area contributed by atoms with Crippen molar-refractivity contribution in [1.82, 2.24) is 0 Å². The molecule has 0 N–H and O–H groups in total. The second-order valence-electron chi connectivity index (χ2n) is 5.52. The van der Waals surface area contributed by atoms with Crippen molar-refractivity contribution in [2.24, 2.45) is 11.8 Å². The van der Waals surface area contributed by atoms with Crippen LogP contribution in [0.25, 0.3) is 0 Å². The number of rotatable bonds is 5. The summed E-state index contributed by atoms with van der Waals surface area (Å²) >= 11 is 0. The molecule has 0 aromatic heterocycles. The predicted octanol–water partition coefficient (Wildman–Crippen LogP) is 3.61. The first-order valence-corrected chi connectivity index (χ1v) is 7.52. The Hall–Kier alpha value is -1.51. The Kier molecular flexibility index (Phi) is 5.45. The van der Waals surface area contributed by atoms with Crippen molar-refractivity contribution in [2.45, 2.75) is 39.0 Å². The predicted molar refractivity (Wildman–Crippen MR) is 78.8 cm³/mol. The van der Waals surface area contributed by atoms with Crippen LogP contribution < -0.4 is 4.74 Å². The van der Waals surface area contributed by atoms with E-state index in [9.17, 15) is 4.79 Å². The van der Waals surface area contributed by atoms with Crippen LogP contribution in [0.3, 0.4) is 0 Å². The van der Waals surface area contributed by atoms with Gasteiger partial charge in [0.1, 0.15) is 5.75 Å². The van der Waals surface area contributed by atoms with Crippen LogP contribution in [-0.2, 0) is 16.0 Å². The van der Waals surface area contributed by atoms with Gasteiger partial charge in [-0.25, -0.2) is 0 Å². The molecule has 0 heterocycles. The van der Waals surface area contributed by atoms with Gasteiger partial charge in [0.2, 0.25) is 0 Å². The molecular weight excluding hydrogens is 252 g/mol. The Morgan fingerprint density at radius 3 is 2.35 bits per heavy atom. The topological polar surface area (TPSA) is 35.5 Å². The van der Waals surface area contributed by atoms with Crippen molar-refractivity contribution in [1.29, 1.82) is 0 Å². The van der Waals surface area contributed by atoms with Crippen LogP contribution in [0.15, 0.2) is 24.3 Å². The molecule has 2 rings (SSSR count). The molecule has 20 heavy (non-hydrogen) atoms. The maximum atomic E-state index is 11.7. The normalized spacial score (nSPS) is 22.3. The van der Waals surface area contributed by atoms with Crippen molar-refractivity contribution in [3.05, 3.63) is 29.8 Å². The lowest BCUT2D eigenvalue weighted by molar-refractivity contribution is -0.149. The summed E-state index contributed by atoms with van der Waals surface area (Å²) in [6, 6.07) is 8.30. The Balaban J connectivity index is 1.80. The standard InChI is InChI=1S/C17H24O3/c1-3-20-17(18)15-8-4-13(5-9-15)12-14-6-10-16(19-2)11-7-14/h6-7,10-11,13,15H,3-5,8-9,12H2,1-2H3/t13-,15+. The monoisotopic (exact) mass is 276 g/mol. The molecule has 110 valence electrons. The fourth-order valence-electron chi connectivity index (χ4n) is 2.96. The summed E-state index contributed by atoms with van der Waals surface area (Å²) in [5.41, 5.74) is 1.35. The summed E-state index contributed by atoms with van der Waals surface area (Å²) in [6.45, 7) is 2.36. The van der Waals surface area contributed by atoms with Crippen LogP contribution in [0.2, 0.25) is 0 Å². The zero-order valence-electron chi connectivity index (χ0n) is 12.4. The number of hydrogen-bond acceptors (Lipinski definition) is 3. The summed E-state index contributed by atoms with van der Waals surface area (Å²) in [4.78, 5) is 11.7. The molecule has 1 saturated carbocycles. The second-order valence-corrected chi connectivity index (χ2v) is 5.52. The summed E-state index contributed by atoms with van der Waals surface area (Å²) in [6.07, 6.45) is 5.28. The average molecular weight is 276 g/mol. The molecule has 3 nitrogen and oxygen atoms in total. The number of hydrogen-bond donors (Lipinski definition) is 0. The zero-order chi connectivity index (χ0) is 14.4. The van der Waals surface area contributed by atoms with Crippen LogP contribution >= 0.6 is 0 Å². The number of carbonyl (C=O) groups excluding carboxylic acids is 1. The van der Waals surface area contributed by atoms with E-state index in [1.54, 1.807) is 7.11 Å². The van der Waals surface area contributed by atoms with Gasteiger partial charge in [0.25, 0.3) is 0 Å². The largest absolute Gasteiger partial charge is 0.497 e. The minimum Gasteiger partial charge on any atom is -0.497 e. The molecule has 1 aromatic rings. The van der Waals surface area contributed by atoms with Crippen LogP contribution in [0.5, 0.6) is 5.75 Å². The molecular formula is C17H24O3. The Morgan fingerprint density at radius 2 is 1.80 bits per heavy atom. The Bertz CT molecular complexity index is 416. The second kappa shape index (κ2) is 7.32. The maximum absolute atomic E-state index is 11.7. The Labute approximate surface area is 121 Å². The third-order valence-electron chi connectivity index (χ3n) is 4.15. The summed E-state index contributed by atoms with van der Waals surface area (Å²) < 4.78 is 10.3. The highest BCUT2D eigenvalue weighted by atomic mass is 16.5. The van der Waals surface area contributed by atoms with Gasteiger partial charge < -0.3 is 9.47 Å². The van der Waals surface area contributed by atoms with Crippen LogP contribution in [-0.4, -0.2) is 19.7 Å². The molecule has 1 fully saturated rings. The molecule has 0 bridgehead atoms. The van der Waals surface area contributed by atoms with Crippen LogP contribution in [0.4, 0.5) is 0 Å². The first-order valence-electron chi connectivity index (χ1n) is 7.52. The van der Waals surface area contributed by atoms with Gasteiger partial charge in [0, 0.05) is 0 Å². The highest BCUT2D eigenvalue weighted by Crippen LogP contribution is 2.32. The number of ether oxygens (including phenoxy) is 2. The van der Waals surface area contributed by atoms with E-state index < -0.39 is 0 Å². The molecule has 0 aliphatic heterocycles. The third kappa shape index (κ3) is 3.99. The number of methoxy groups -OCH3 is 1. The minimum atomic E-state index is -0.00426. The maximum Gasteiger partial charge on any atom is 0.308 e. The first-order chi connectivity index (χ1) is 9.72. The van der Waals surface area contributed by atoms with E-state index in [1.165, 1.54) is 5.56 Å². The zero-order valence-corrected chi connectivity index (χ0v) is 12.4. The molecule has 1 aromatic carbocycles. The number of esters is 1. The first kappa shape index (κ1) is 14.9. The molecule has 0 amide bonds. The van der Waals surface area contributed by atoms with Gasteiger partial charge in [0.15, 0.2) is 0 Å². The van der Waals surface area contributed by atoms with Crippen molar-refractivity contribution in [3.63, 3.8) is 0 Å². The molecule has 0 atom stereocenters. The van der Waals surface area contributed by atoms with Crippen molar-refractivity contribution in [2.75, 3.05) is 13.7 Å². The van der Waals surface area contributed by atoms with Gasteiger partial charge in [-0.3, -0.25) is 4.79 Å². The van der Waals surface area contributed by atoms with Crippen molar-refractivity contribution in [3.8, 4) is 5.75 Å². The van der Waals surface area contributed by atoms with Gasteiger partial charge in [-0.15, -0.1) is 0 Å². The van der Waals surface area contributed by atoms with E-state index in [2.05, 4.69) is 12.1 Å². The van der Waals surface area contributed by atoms with Gasteiger partial charge in [0.05, 0.1) is 19.6 Å². The number of benzene rings is 1. The van der Waals surface area contributed by atoms with Crippen LogP contribution in [0.1, 0.15) is 38.2 Å². The Morgan fingerprint density at radius 1 is 1.15 bits per heavy atom. The van der Waals surface area contributed by atoms with E-state index in [1.807, 2.05) is 19.1 Å². The molecule has 1 aliphatic rings. The lowest BCUT2D eigenvalue weighted by Crippen LogP contribution is -2.24. The molecule has 3 heteroatoms. The number of carbonyl (C=O) groups is 1. The summed E-state index contributed by atoms with van der Waals surface area (Å²) in [7, 11) is 1.69. The summed E-state index contributed by atoms with van der Waals surface area (Å²) in [5.74, 6) is 1.71. The smallest absolute Gasteiger partial charge is 0.308 e. The van der Waals surface area contributed by atoms with Gasteiger partial charge in [-0.2, -0.15) is 0 Å². The lowest BCUT2D eigenvalue weighted by Gasteiger charge is -2.27. The molecule has 0 saturated heterocycles. The highest BCUT2D eigenvalue weighted by molar-refractivity contribution is 5.72. The fourth-order valence-corrected chi connectivity index (χ4v) is 2.96. The van der Waals surface area contributed by atoms with E-state index >= 15 is 0 Å². The van der Waals surface area contributed by atoms with Crippen molar-refractivity contribution >= 4 is 5.97 Å². The van der Waals surface area contributed by atoms with Crippen LogP contribution in [0, 0.1) is 11.8 Å².